The van der Waals surface area contributed by atoms with Crippen molar-refractivity contribution in [1.29, 1.82) is 0 Å². The van der Waals surface area contributed by atoms with Crippen LogP contribution in [0.15, 0.2) is 22.8 Å². The summed E-state index contributed by atoms with van der Waals surface area (Å²) in [7, 11) is 0. The summed E-state index contributed by atoms with van der Waals surface area (Å²) in [6.45, 7) is 2.03. The van der Waals surface area contributed by atoms with Crippen LogP contribution in [-0.2, 0) is 19.1 Å². The lowest BCUT2D eigenvalue weighted by atomic mass is 9.84. The monoisotopic (exact) mass is 325 g/mol. The molecule has 7 heteroatoms. The number of carboxylic acid groups (broad SMARTS) is 1. The molecule has 1 amide bonds. The number of carboxylic acids is 1. The highest BCUT2D eigenvalue weighted by molar-refractivity contribution is 8.04. The zero-order chi connectivity index (χ0) is 16.1. The number of carbonyl (C=O) groups excluding carboxylic acids is 2. The zero-order valence-corrected chi connectivity index (χ0v) is 13.1. The summed E-state index contributed by atoms with van der Waals surface area (Å²) < 4.78 is 5.11. The Morgan fingerprint density at radius 3 is 2.73 bits per heavy atom. The molecule has 0 bridgehead atoms. The molecule has 0 radical (unpaired) electrons. The Bertz CT molecular complexity index is 540. The Labute approximate surface area is 133 Å². The van der Waals surface area contributed by atoms with E-state index in [-0.39, 0.29) is 23.7 Å². The number of amides is 1. The van der Waals surface area contributed by atoms with Crippen molar-refractivity contribution in [2.45, 2.75) is 37.9 Å². The number of esters is 1. The van der Waals surface area contributed by atoms with Crippen molar-refractivity contribution >= 4 is 29.6 Å². The molecule has 22 heavy (non-hydrogen) atoms. The van der Waals surface area contributed by atoms with E-state index in [4.69, 9.17) is 9.84 Å². The van der Waals surface area contributed by atoms with Crippen LogP contribution >= 0.6 is 11.8 Å². The van der Waals surface area contributed by atoms with Crippen LogP contribution in [0.4, 0.5) is 0 Å². The average molecular weight is 325 g/mol. The lowest BCUT2D eigenvalue weighted by Crippen LogP contribution is -2.25. The molecule has 0 saturated heterocycles. The molecule has 0 unspecified atom stereocenters. The van der Waals surface area contributed by atoms with Crippen molar-refractivity contribution in [3.05, 3.63) is 22.8 Å². The maximum Gasteiger partial charge on any atom is 0.336 e. The van der Waals surface area contributed by atoms with Crippen molar-refractivity contribution in [3.63, 3.8) is 0 Å². The van der Waals surface area contributed by atoms with Crippen molar-refractivity contribution in [2.75, 3.05) is 6.61 Å². The molecule has 0 aromatic heterocycles. The Morgan fingerprint density at radius 1 is 1.32 bits per heavy atom. The van der Waals surface area contributed by atoms with E-state index in [9.17, 15) is 14.4 Å². The van der Waals surface area contributed by atoms with E-state index in [0.29, 0.717) is 10.6 Å². The molecule has 6 nitrogen and oxygen atoms in total. The molecule has 2 aliphatic rings. The standard InChI is InChI=1S/C15H19NO5S/c1-2-21-15(20)13-9-5-3-4-6-10(9)22-14(13)16-11(17)7-8-12(18)19/h7-10H,2-6H2,1H3,(H,16,17)(H,18,19)/b8-7+/t9-,10+/m0/s1. The van der Waals surface area contributed by atoms with Gasteiger partial charge in [0.1, 0.15) is 0 Å². The molecule has 2 rings (SSSR count). The van der Waals surface area contributed by atoms with Crippen LogP contribution < -0.4 is 5.32 Å². The van der Waals surface area contributed by atoms with Gasteiger partial charge in [0.2, 0.25) is 5.91 Å². The quantitative estimate of drug-likeness (QED) is 0.592. The number of nitrogens with one attached hydrogen (secondary N) is 1. The molecule has 0 spiro atoms. The molecule has 0 aromatic carbocycles. The molecular weight excluding hydrogens is 306 g/mol. The Morgan fingerprint density at radius 2 is 2.05 bits per heavy atom. The van der Waals surface area contributed by atoms with E-state index in [1.165, 1.54) is 11.8 Å². The number of aliphatic carboxylic acids is 1. The highest BCUT2D eigenvalue weighted by atomic mass is 32.2. The highest BCUT2D eigenvalue weighted by Gasteiger charge is 2.41. The molecule has 1 saturated carbocycles. The molecule has 1 aliphatic carbocycles. The van der Waals surface area contributed by atoms with Gasteiger partial charge in [-0.1, -0.05) is 12.8 Å². The first-order chi connectivity index (χ1) is 10.5. The average Bonchev–Trinajstić information content (AvgIpc) is 2.83. The fourth-order valence-electron chi connectivity index (χ4n) is 2.80. The second kappa shape index (κ2) is 7.49. The minimum absolute atomic E-state index is 0.108. The number of rotatable bonds is 5. The summed E-state index contributed by atoms with van der Waals surface area (Å²) in [5.41, 5.74) is 0.536. The molecular formula is C15H19NO5S. The van der Waals surface area contributed by atoms with Gasteiger partial charge in [-0.2, -0.15) is 0 Å². The second-order valence-electron chi connectivity index (χ2n) is 5.17. The summed E-state index contributed by atoms with van der Waals surface area (Å²) in [5, 5.41) is 12.0. The number of hydrogen-bond donors (Lipinski definition) is 2. The predicted molar refractivity (Wildman–Crippen MR) is 81.9 cm³/mol. The summed E-state index contributed by atoms with van der Waals surface area (Å²) in [6.07, 6.45) is 5.81. The molecule has 2 atom stereocenters. The van der Waals surface area contributed by atoms with Crippen molar-refractivity contribution in [2.24, 2.45) is 5.92 Å². The van der Waals surface area contributed by atoms with E-state index < -0.39 is 11.9 Å². The van der Waals surface area contributed by atoms with Crippen LogP contribution in [-0.4, -0.2) is 34.8 Å². The smallest absolute Gasteiger partial charge is 0.336 e. The van der Waals surface area contributed by atoms with Crippen LogP contribution in [0.5, 0.6) is 0 Å². The van der Waals surface area contributed by atoms with Gasteiger partial charge in [-0.15, -0.1) is 11.8 Å². The largest absolute Gasteiger partial charge is 0.478 e. The topological polar surface area (TPSA) is 92.7 Å². The van der Waals surface area contributed by atoms with E-state index in [0.717, 1.165) is 37.8 Å². The zero-order valence-electron chi connectivity index (χ0n) is 12.3. The minimum atomic E-state index is -1.19. The molecule has 1 aliphatic heterocycles. The SMILES string of the molecule is CCOC(=O)C1=C(NC(=O)/C=C/C(=O)O)S[C@@H]2CCCC[C@H]12. The van der Waals surface area contributed by atoms with Crippen LogP contribution in [0.25, 0.3) is 0 Å². The maximum absolute atomic E-state index is 12.2. The molecule has 0 aromatic rings. The summed E-state index contributed by atoms with van der Waals surface area (Å²) >= 11 is 1.48. The van der Waals surface area contributed by atoms with Gasteiger partial charge in [-0.05, 0) is 19.8 Å². The van der Waals surface area contributed by atoms with Crippen LogP contribution in [0.3, 0.4) is 0 Å². The van der Waals surface area contributed by atoms with Crippen molar-refractivity contribution < 1.29 is 24.2 Å². The summed E-state index contributed by atoms with van der Waals surface area (Å²) in [4.78, 5) is 34.4. The first kappa shape index (κ1) is 16.6. The van der Waals surface area contributed by atoms with Gasteiger partial charge in [0, 0.05) is 23.3 Å². The van der Waals surface area contributed by atoms with Gasteiger partial charge >= 0.3 is 11.9 Å². The van der Waals surface area contributed by atoms with E-state index in [1.807, 2.05) is 0 Å². The fraction of sp³-hybridized carbons (Fsp3) is 0.533. The van der Waals surface area contributed by atoms with Gasteiger partial charge in [0.15, 0.2) is 0 Å². The minimum Gasteiger partial charge on any atom is -0.478 e. The Hall–Kier alpha value is -1.76. The van der Waals surface area contributed by atoms with Crippen LogP contribution in [0.1, 0.15) is 32.6 Å². The summed E-state index contributed by atoms with van der Waals surface area (Å²) in [5.74, 6) is -2.02. The lowest BCUT2D eigenvalue weighted by molar-refractivity contribution is -0.139. The Kier molecular flexibility index (Phi) is 5.65. The molecule has 1 heterocycles. The number of fused-ring (bicyclic) bond motifs is 1. The number of thioether (sulfide) groups is 1. The number of carbonyl (C=O) groups is 3. The van der Waals surface area contributed by atoms with E-state index >= 15 is 0 Å². The molecule has 120 valence electrons. The molecule has 2 N–H and O–H groups in total. The number of hydrogen-bond acceptors (Lipinski definition) is 5. The van der Waals surface area contributed by atoms with E-state index in [1.54, 1.807) is 6.92 Å². The van der Waals surface area contributed by atoms with Gasteiger partial charge in [-0.3, -0.25) is 4.79 Å². The summed E-state index contributed by atoms with van der Waals surface area (Å²) in [6, 6.07) is 0. The molecule has 1 fully saturated rings. The van der Waals surface area contributed by atoms with Gasteiger partial charge in [0.25, 0.3) is 0 Å². The third-order valence-corrected chi connectivity index (χ3v) is 5.12. The van der Waals surface area contributed by atoms with Crippen molar-refractivity contribution in [3.8, 4) is 0 Å². The first-order valence-electron chi connectivity index (χ1n) is 7.32. The van der Waals surface area contributed by atoms with Gasteiger partial charge in [-0.25, -0.2) is 9.59 Å². The third kappa shape index (κ3) is 3.91. The van der Waals surface area contributed by atoms with Gasteiger partial charge < -0.3 is 15.2 Å². The van der Waals surface area contributed by atoms with Crippen molar-refractivity contribution in [1.82, 2.24) is 5.32 Å². The maximum atomic E-state index is 12.2. The first-order valence-corrected chi connectivity index (χ1v) is 8.20. The van der Waals surface area contributed by atoms with Crippen LogP contribution in [0.2, 0.25) is 0 Å². The fourth-order valence-corrected chi connectivity index (χ4v) is 4.35. The lowest BCUT2D eigenvalue weighted by Gasteiger charge is -2.25. The Balaban J connectivity index is 2.18. The normalized spacial score (nSPS) is 24.2. The van der Waals surface area contributed by atoms with Gasteiger partial charge in [0.05, 0.1) is 17.2 Å². The predicted octanol–water partition coefficient (Wildman–Crippen LogP) is 1.82. The second-order valence-corrected chi connectivity index (χ2v) is 6.42. The van der Waals surface area contributed by atoms with Crippen LogP contribution in [0, 0.1) is 5.92 Å². The number of ether oxygens (including phenoxy) is 1. The third-order valence-electron chi connectivity index (χ3n) is 3.70. The van der Waals surface area contributed by atoms with E-state index in [2.05, 4.69) is 5.32 Å². The highest BCUT2D eigenvalue weighted by Crippen LogP contribution is 2.48.